The van der Waals surface area contributed by atoms with Gasteiger partial charge in [-0.1, -0.05) is 6.92 Å². The van der Waals surface area contributed by atoms with Crippen molar-refractivity contribution < 1.29 is 19.4 Å². The van der Waals surface area contributed by atoms with Gasteiger partial charge in [-0.25, -0.2) is 0 Å². The fourth-order valence-electron chi connectivity index (χ4n) is 3.68. The minimum absolute atomic E-state index is 0.0339. The number of carboxylic acids is 1. The van der Waals surface area contributed by atoms with Crippen LogP contribution in [0, 0.1) is 16.7 Å². The van der Waals surface area contributed by atoms with Gasteiger partial charge in [-0.2, -0.15) is 0 Å². The lowest BCUT2D eigenvalue weighted by Crippen LogP contribution is -2.66. The molecule has 0 spiro atoms. The van der Waals surface area contributed by atoms with Gasteiger partial charge < -0.3 is 9.84 Å². The van der Waals surface area contributed by atoms with E-state index in [0.29, 0.717) is 6.42 Å². The number of carbonyl (C=O) groups excluding carboxylic acids is 1. The number of carbonyl (C=O) groups is 2. The molecule has 18 heavy (non-hydrogen) atoms. The van der Waals surface area contributed by atoms with Gasteiger partial charge in [0.1, 0.15) is 5.60 Å². The fraction of sp³-hybridized carbons (Fsp3) is 0.857. The average molecular weight is 254 g/mol. The minimum Gasteiger partial charge on any atom is -0.481 e. The molecule has 0 aromatic rings. The lowest BCUT2D eigenvalue weighted by molar-refractivity contribution is -0.241. The Bertz CT molecular complexity index is 371. The van der Waals surface area contributed by atoms with Gasteiger partial charge in [0, 0.05) is 0 Å². The molecule has 102 valence electrons. The number of ether oxygens (including phenoxy) is 1. The SMILES string of the molecule is CC(C(=O)O)C12CC(CC(=O)OC(C)(C)C)(C1)C2. The van der Waals surface area contributed by atoms with Crippen LogP contribution in [0.1, 0.15) is 53.4 Å². The average Bonchev–Trinajstić information content (AvgIpc) is 2.04. The van der Waals surface area contributed by atoms with E-state index >= 15 is 0 Å². The summed E-state index contributed by atoms with van der Waals surface area (Å²) in [6.07, 6.45) is 3.05. The summed E-state index contributed by atoms with van der Waals surface area (Å²) >= 11 is 0. The van der Waals surface area contributed by atoms with Crippen LogP contribution in [0.25, 0.3) is 0 Å². The van der Waals surface area contributed by atoms with Crippen molar-refractivity contribution in [3.05, 3.63) is 0 Å². The maximum atomic E-state index is 11.8. The van der Waals surface area contributed by atoms with E-state index in [4.69, 9.17) is 9.84 Å². The quantitative estimate of drug-likeness (QED) is 0.783. The lowest BCUT2D eigenvalue weighted by atomic mass is 9.31. The molecule has 4 heteroatoms. The fourth-order valence-corrected chi connectivity index (χ4v) is 3.68. The Kier molecular flexibility index (Phi) is 2.76. The topological polar surface area (TPSA) is 63.6 Å². The van der Waals surface area contributed by atoms with Crippen LogP contribution in [0.3, 0.4) is 0 Å². The van der Waals surface area contributed by atoms with E-state index in [-0.39, 0.29) is 22.7 Å². The Morgan fingerprint density at radius 3 is 2.17 bits per heavy atom. The predicted octanol–water partition coefficient (Wildman–Crippen LogP) is 2.61. The monoisotopic (exact) mass is 254 g/mol. The van der Waals surface area contributed by atoms with E-state index in [2.05, 4.69) is 0 Å². The summed E-state index contributed by atoms with van der Waals surface area (Å²) in [5.41, 5.74) is -0.424. The molecule has 3 aliphatic rings. The zero-order valence-corrected chi connectivity index (χ0v) is 11.6. The number of hydrogen-bond donors (Lipinski definition) is 1. The van der Waals surface area contributed by atoms with E-state index in [1.54, 1.807) is 6.92 Å². The Morgan fingerprint density at radius 1 is 1.28 bits per heavy atom. The second kappa shape index (κ2) is 3.72. The molecule has 1 atom stereocenters. The molecule has 1 N–H and O–H groups in total. The van der Waals surface area contributed by atoms with Crippen molar-refractivity contribution in [2.75, 3.05) is 0 Å². The van der Waals surface area contributed by atoms with E-state index < -0.39 is 11.6 Å². The minimum atomic E-state index is -0.722. The molecule has 1 unspecified atom stereocenters. The van der Waals surface area contributed by atoms with Crippen LogP contribution in [0.15, 0.2) is 0 Å². The Balaban J connectivity index is 1.84. The molecule has 3 rings (SSSR count). The highest BCUT2D eigenvalue weighted by Gasteiger charge is 2.70. The van der Waals surface area contributed by atoms with E-state index in [9.17, 15) is 9.59 Å². The van der Waals surface area contributed by atoms with E-state index in [0.717, 1.165) is 19.3 Å². The number of carboxylic acid groups (broad SMARTS) is 1. The molecule has 2 bridgehead atoms. The predicted molar refractivity (Wildman–Crippen MR) is 66.0 cm³/mol. The largest absolute Gasteiger partial charge is 0.481 e. The van der Waals surface area contributed by atoms with Crippen LogP contribution >= 0.6 is 0 Å². The summed E-state index contributed by atoms with van der Waals surface area (Å²) in [7, 11) is 0. The van der Waals surface area contributed by atoms with Gasteiger partial charge in [-0.15, -0.1) is 0 Å². The summed E-state index contributed by atoms with van der Waals surface area (Å²) in [4.78, 5) is 22.7. The Hall–Kier alpha value is -1.06. The third-order valence-corrected chi connectivity index (χ3v) is 4.41. The first-order valence-corrected chi connectivity index (χ1v) is 6.52. The summed E-state index contributed by atoms with van der Waals surface area (Å²) in [6.45, 7) is 7.36. The lowest BCUT2D eigenvalue weighted by Gasteiger charge is -2.72. The zero-order valence-electron chi connectivity index (χ0n) is 11.6. The van der Waals surface area contributed by atoms with Gasteiger partial charge in [0.25, 0.3) is 0 Å². The van der Waals surface area contributed by atoms with Gasteiger partial charge in [-0.05, 0) is 50.9 Å². The summed E-state index contributed by atoms with van der Waals surface area (Å²) in [5, 5.41) is 9.03. The van der Waals surface area contributed by atoms with Crippen molar-refractivity contribution >= 4 is 11.9 Å². The van der Waals surface area contributed by atoms with Crippen LogP contribution in [0.5, 0.6) is 0 Å². The van der Waals surface area contributed by atoms with Crippen LogP contribution in [-0.2, 0) is 14.3 Å². The molecule has 0 aromatic heterocycles. The molecule has 0 saturated heterocycles. The summed E-state index contributed by atoms with van der Waals surface area (Å²) < 4.78 is 5.32. The van der Waals surface area contributed by atoms with Crippen LogP contribution < -0.4 is 0 Å². The van der Waals surface area contributed by atoms with E-state index in [1.807, 2.05) is 20.8 Å². The first-order valence-electron chi connectivity index (χ1n) is 6.52. The van der Waals surface area contributed by atoms with Crippen molar-refractivity contribution in [1.82, 2.24) is 0 Å². The molecular formula is C14H22O4. The van der Waals surface area contributed by atoms with Crippen molar-refractivity contribution in [2.45, 2.75) is 59.0 Å². The molecule has 3 saturated carbocycles. The van der Waals surface area contributed by atoms with Crippen molar-refractivity contribution in [3.63, 3.8) is 0 Å². The van der Waals surface area contributed by atoms with Crippen molar-refractivity contribution in [3.8, 4) is 0 Å². The Labute approximate surface area is 108 Å². The van der Waals surface area contributed by atoms with Crippen LogP contribution in [0.2, 0.25) is 0 Å². The number of hydrogen-bond acceptors (Lipinski definition) is 3. The zero-order chi connectivity index (χ0) is 13.8. The molecule has 4 nitrogen and oxygen atoms in total. The number of aliphatic carboxylic acids is 1. The third kappa shape index (κ3) is 2.13. The van der Waals surface area contributed by atoms with Crippen molar-refractivity contribution in [2.24, 2.45) is 16.7 Å². The van der Waals surface area contributed by atoms with E-state index in [1.165, 1.54) is 0 Å². The van der Waals surface area contributed by atoms with Gasteiger partial charge in [0.05, 0.1) is 12.3 Å². The first kappa shape index (κ1) is 13.4. The molecule has 0 aliphatic heterocycles. The summed E-state index contributed by atoms with van der Waals surface area (Å²) in [5.74, 6) is -1.17. The molecule has 3 aliphatic carbocycles. The molecule has 0 amide bonds. The first-order chi connectivity index (χ1) is 8.08. The number of rotatable bonds is 4. The van der Waals surface area contributed by atoms with Gasteiger partial charge in [0.15, 0.2) is 0 Å². The standard InChI is InChI=1S/C14H22O4/c1-9(11(16)17)14-6-13(7-14,8-14)5-10(15)18-12(2,3)4/h9H,5-8H2,1-4H3,(H,16,17). The maximum absolute atomic E-state index is 11.8. The second-order valence-electron chi connectivity index (χ2n) is 7.22. The highest BCUT2D eigenvalue weighted by atomic mass is 16.6. The van der Waals surface area contributed by atoms with Crippen molar-refractivity contribution in [1.29, 1.82) is 0 Å². The van der Waals surface area contributed by atoms with Gasteiger partial charge >= 0.3 is 11.9 Å². The van der Waals surface area contributed by atoms with Gasteiger partial charge in [-0.3, -0.25) is 9.59 Å². The molecule has 0 aromatic carbocycles. The Morgan fingerprint density at radius 2 is 1.78 bits per heavy atom. The van der Waals surface area contributed by atoms with Gasteiger partial charge in [0.2, 0.25) is 0 Å². The smallest absolute Gasteiger partial charge is 0.306 e. The number of esters is 1. The molecule has 3 fully saturated rings. The molecule has 0 heterocycles. The highest BCUT2D eigenvalue weighted by molar-refractivity contribution is 5.74. The third-order valence-electron chi connectivity index (χ3n) is 4.41. The maximum Gasteiger partial charge on any atom is 0.306 e. The molecular weight excluding hydrogens is 232 g/mol. The summed E-state index contributed by atoms with van der Waals surface area (Å²) in [6, 6.07) is 0. The molecule has 0 radical (unpaired) electrons. The van der Waals surface area contributed by atoms with Crippen LogP contribution in [-0.4, -0.2) is 22.6 Å². The second-order valence-corrected chi connectivity index (χ2v) is 7.22. The normalized spacial score (nSPS) is 35.1. The van der Waals surface area contributed by atoms with Crippen LogP contribution in [0.4, 0.5) is 0 Å². The highest BCUT2D eigenvalue weighted by Crippen LogP contribution is 2.77.